The van der Waals surface area contributed by atoms with Gasteiger partial charge in [-0.05, 0) is 48.6 Å². The first kappa shape index (κ1) is 19.0. The second-order valence-electron chi connectivity index (χ2n) is 5.39. The molecule has 2 nitrogen and oxygen atoms in total. The number of benzene rings is 2. The van der Waals surface area contributed by atoms with Crippen LogP contribution < -0.4 is 9.47 Å². The molecule has 0 amide bonds. The summed E-state index contributed by atoms with van der Waals surface area (Å²) in [5.41, 5.74) is 0.859. The van der Waals surface area contributed by atoms with Crippen molar-refractivity contribution in [3.05, 3.63) is 59.2 Å². The molecule has 2 aromatic rings. The van der Waals surface area contributed by atoms with Crippen molar-refractivity contribution in [3.63, 3.8) is 0 Å². The van der Waals surface area contributed by atoms with E-state index in [-0.39, 0.29) is 23.5 Å². The van der Waals surface area contributed by atoms with Crippen LogP contribution in [0.5, 0.6) is 11.5 Å². The summed E-state index contributed by atoms with van der Waals surface area (Å²) in [5.74, 6) is -2.45. The molecular weight excluding hydrogens is 343 g/mol. The van der Waals surface area contributed by atoms with E-state index < -0.39 is 18.0 Å². The van der Waals surface area contributed by atoms with Gasteiger partial charge in [0.2, 0.25) is 5.82 Å². The molecule has 0 radical (unpaired) electrons. The van der Waals surface area contributed by atoms with Crippen molar-refractivity contribution < 1.29 is 31.4 Å². The lowest BCUT2D eigenvalue weighted by Crippen LogP contribution is -2.17. The molecule has 0 heterocycles. The van der Waals surface area contributed by atoms with E-state index in [1.807, 2.05) is 6.92 Å². The number of hydrogen-bond donors (Lipinski definition) is 0. The summed E-state index contributed by atoms with van der Waals surface area (Å²) in [6.07, 6.45) is -3.52. The van der Waals surface area contributed by atoms with E-state index in [4.69, 9.17) is 4.74 Å². The Morgan fingerprint density at radius 2 is 1.56 bits per heavy atom. The zero-order chi connectivity index (χ0) is 18.4. The number of ether oxygens (including phenoxy) is 2. The number of halogens is 5. The van der Waals surface area contributed by atoms with Gasteiger partial charge in [-0.3, -0.25) is 0 Å². The maximum atomic E-state index is 14.0. The number of hydrogen-bond acceptors (Lipinski definition) is 2. The van der Waals surface area contributed by atoms with Crippen LogP contribution in [0.3, 0.4) is 0 Å². The Morgan fingerprint density at radius 3 is 2.16 bits per heavy atom. The Bertz CT molecular complexity index is 696. The van der Waals surface area contributed by atoms with Crippen LogP contribution in [0.1, 0.15) is 24.5 Å². The van der Waals surface area contributed by atoms with Gasteiger partial charge in [0.1, 0.15) is 5.75 Å². The fourth-order valence-corrected chi connectivity index (χ4v) is 2.23. The molecule has 0 unspecified atom stereocenters. The lowest BCUT2D eigenvalue weighted by Gasteiger charge is -2.11. The molecule has 2 aromatic carbocycles. The number of rotatable bonds is 7. The van der Waals surface area contributed by atoms with Gasteiger partial charge in [0.05, 0.1) is 6.61 Å². The molecule has 0 aliphatic rings. The monoisotopic (exact) mass is 360 g/mol. The zero-order valence-electron chi connectivity index (χ0n) is 13.5. The van der Waals surface area contributed by atoms with Gasteiger partial charge < -0.3 is 9.47 Å². The van der Waals surface area contributed by atoms with E-state index in [0.717, 1.165) is 0 Å². The normalized spacial score (nSPS) is 11.4. The molecule has 0 aliphatic carbocycles. The first-order valence-corrected chi connectivity index (χ1v) is 7.74. The average Bonchev–Trinajstić information content (AvgIpc) is 2.55. The minimum atomic E-state index is -4.75. The molecule has 136 valence electrons. The van der Waals surface area contributed by atoms with Crippen molar-refractivity contribution >= 4 is 0 Å². The Hall–Kier alpha value is -2.31. The van der Waals surface area contributed by atoms with Crippen molar-refractivity contribution in [2.24, 2.45) is 0 Å². The number of aryl methyl sites for hydroxylation is 2. The van der Waals surface area contributed by atoms with Gasteiger partial charge in [0, 0.05) is 0 Å². The SMILES string of the molecule is CCCOc1ccc(CCc2ccc(OC(F)(F)F)cc2)c(F)c1F. The molecule has 0 spiro atoms. The highest BCUT2D eigenvalue weighted by Gasteiger charge is 2.30. The van der Waals surface area contributed by atoms with Gasteiger partial charge in [-0.25, -0.2) is 4.39 Å². The van der Waals surface area contributed by atoms with Gasteiger partial charge in [-0.15, -0.1) is 13.2 Å². The van der Waals surface area contributed by atoms with Gasteiger partial charge >= 0.3 is 6.36 Å². The molecule has 25 heavy (non-hydrogen) atoms. The Morgan fingerprint density at radius 1 is 0.880 bits per heavy atom. The van der Waals surface area contributed by atoms with Crippen LogP contribution in [-0.2, 0) is 12.8 Å². The molecule has 0 saturated carbocycles. The zero-order valence-corrected chi connectivity index (χ0v) is 13.5. The highest BCUT2D eigenvalue weighted by atomic mass is 19.4. The minimum absolute atomic E-state index is 0.128. The van der Waals surface area contributed by atoms with E-state index >= 15 is 0 Å². The third kappa shape index (κ3) is 5.62. The number of alkyl halides is 3. The summed E-state index contributed by atoms with van der Waals surface area (Å²) in [4.78, 5) is 0. The molecule has 7 heteroatoms. The molecule has 2 rings (SSSR count). The second kappa shape index (κ2) is 8.18. The predicted molar refractivity (Wildman–Crippen MR) is 82.7 cm³/mol. The highest BCUT2D eigenvalue weighted by molar-refractivity contribution is 5.33. The lowest BCUT2D eigenvalue weighted by molar-refractivity contribution is -0.274. The van der Waals surface area contributed by atoms with Crippen LogP contribution in [0.15, 0.2) is 36.4 Å². The average molecular weight is 360 g/mol. The molecule has 0 bridgehead atoms. The summed E-state index contributed by atoms with van der Waals surface area (Å²) in [7, 11) is 0. The van der Waals surface area contributed by atoms with Gasteiger partial charge in [0.25, 0.3) is 0 Å². The van der Waals surface area contributed by atoms with Crippen molar-refractivity contribution in [2.75, 3.05) is 6.61 Å². The van der Waals surface area contributed by atoms with Gasteiger partial charge in [0.15, 0.2) is 11.6 Å². The van der Waals surface area contributed by atoms with E-state index in [0.29, 0.717) is 25.0 Å². The first-order chi connectivity index (χ1) is 11.8. The third-order valence-electron chi connectivity index (χ3n) is 3.43. The molecule has 0 N–H and O–H groups in total. The minimum Gasteiger partial charge on any atom is -0.490 e. The third-order valence-corrected chi connectivity index (χ3v) is 3.43. The smallest absolute Gasteiger partial charge is 0.490 e. The van der Waals surface area contributed by atoms with Crippen molar-refractivity contribution in [2.45, 2.75) is 32.5 Å². The molecular formula is C18H17F5O2. The van der Waals surface area contributed by atoms with Crippen LogP contribution in [-0.4, -0.2) is 13.0 Å². The fraction of sp³-hybridized carbons (Fsp3) is 0.333. The molecule has 0 saturated heterocycles. The van der Waals surface area contributed by atoms with E-state index in [9.17, 15) is 22.0 Å². The van der Waals surface area contributed by atoms with Crippen LogP contribution in [0, 0.1) is 11.6 Å². The van der Waals surface area contributed by atoms with Crippen molar-refractivity contribution in [1.82, 2.24) is 0 Å². The molecule has 0 aromatic heterocycles. The van der Waals surface area contributed by atoms with Crippen molar-refractivity contribution in [1.29, 1.82) is 0 Å². The molecule has 0 atom stereocenters. The highest BCUT2D eigenvalue weighted by Crippen LogP contribution is 2.25. The van der Waals surface area contributed by atoms with Crippen LogP contribution in [0.25, 0.3) is 0 Å². The summed E-state index contributed by atoms with van der Waals surface area (Å²) in [6, 6.07) is 8.10. The largest absolute Gasteiger partial charge is 0.573 e. The summed E-state index contributed by atoms with van der Waals surface area (Å²) >= 11 is 0. The maximum absolute atomic E-state index is 14.0. The molecule has 0 aliphatic heterocycles. The van der Waals surface area contributed by atoms with Crippen LogP contribution in [0.4, 0.5) is 22.0 Å². The van der Waals surface area contributed by atoms with E-state index in [2.05, 4.69) is 4.74 Å². The Labute approximate surface area is 142 Å². The van der Waals surface area contributed by atoms with Crippen LogP contribution >= 0.6 is 0 Å². The second-order valence-corrected chi connectivity index (χ2v) is 5.39. The topological polar surface area (TPSA) is 18.5 Å². The first-order valence-electron chi connectivity index (χ1n) is 7.74. The fourth-order valence-electron chi connectivity index (χ4n) is 2.23. The molecule has 0 fully saturated rings. The quantitative estimate of drug-likeness (QED) is 0.613. The predicted octanol–water partition coefficient (Wildman–Crippen LogP) is 5.44. The standard InChI is InChI=1S/C18H17F5O2/c1-2-11-24-15-10-7-13(16(19)17(15)20)6-3-12-4-8-14(9-5-12)25-18(21,22)23/h4-5,7-10H,2-3,6,11H2,1H3. The lowest BCUT2D eigenvalue weighted by atomic mass is 10.0. The Balaban J connectivity index is 2.00. The Kier molecular flexibility index (Phi) is 6.22. The van der Waals surface area contributed by atoms with Crippen molar-refractivity contribution in [3.8, 4) is 11.5 Å². The maximum Gasteiger partial charge on any atom is 0.573 e. The summed E-state index contributed by atoms with van der Waals surface area (Å²) < 4.78 is 73.1. The van der Waals surface area contributed by atoms with Crippen LogP contribution in [0.2, 0.25) is 0 Å². The van der Waals surface area contributed by atoms with E-state index in [1.54, 1.807) is 0 Å². The van der Waals surface area contributed by atoms with E-state index in [1.165, 1.54) is 36.4 Å². The summed E-state index contributed by atoms with van der Waals surface area (Å²) in [6.45, 7) is 2.15. The van der Waals surface area contributed by atoms with Gasteiger partial charge in [-0.2, -0.15) is 4.39 Å². The van der Waals surface area contributed by atoms with Gasteiger partial charge in [-0.1, -0.05) is 25.1 Å². The summed E-state index contributed by atoms with van der Waals surface area (Å²) in [5, 5.41) is 0.